The van der Waals surface area contributed by atoms with Crippen LogP contribution in [0.15, 0.2) is 12.1 Å². The number of aromatic hydroxyl groups is 1. The second-order valence-corrected chi connectivity index (χ2v) is 5.32. The second-order valence-electron chi connectivity index (χ2n) is 5.32. The number of aliphatic hydroxyl groups excluding tert-OH is 1. The van der Waals surface area contributed by atoms with Crippen LogP contribution >= 0.6 is 0 Å². The SMILES string of the molecule is CC(=O)c1cc(F)cc(CN2CCCCC2CO)c1O. The van der Waals surface area contributed by atoms with Gasteiger partial charge in [0.25, 0.3) is 0 Å². The van der Waals surface area contributed by atoms with Crippen molar-refractivity contribution in [3.63, 3.8) is 0 Å². The summed E-state index contributed by atoms with van der Waals surface area (Å²) in [5, 5.41) is 19.5. The Balaban J connectivity index is 2.26. The number of rotatable bonds is 4. The Morgan fingerprint density at radius 3 is 2.85 bits per heavy atom. The van der Waals surface area contributed by atoms with Crippen molar-refractivity contribution in [3.8, 4) is 5.75 Å². The number of hydrogen-bond donors (Lipinski definition) is 2. The number of Topliss-reactive ketones (excluding diaryl/α,β-unsaturated/α-hetero) is 1. The predicted molar refractivity (Wildman–Crippen MR) is 73.2 cm³/mol. The molecule has 1 atom stereocenters. The van der Waals surface area contributed by atoms with Gasteiger partial charge in [-0.25, -0.2) is 4.39 Å². The fourth-order valence-corrected chi connectivity index (χ4v) is 2.74. The Kier molecular flexibility index (Phi) is 4.73. The van der Waals surface area contributed by atoms with Crippen molar-refractivity contribution in [2.45, 2.75) is 38.8 Å². The van der Waals surface area contributed by atoms with Gasteiger partial charge in [-0.1, -0.05) is 6.42 Å². The molecule has 0 bridgehead atoms. The number of phenolic OH excluding ortho intramolecular Hbond substituents is 1. The minimum absolute atomic E-state index is 0.0116. The highest BCUT2D eigenvalue weighted by molar-refractivity contribution is 5.97. The molecule has 0 aromatic heterocycles. The molecule has 2 rings (SSSR count). The zero-order valence-corrected chi connectivity index (χ0v) is 11.6. The van der Waals surface area contributed by atoms with E-state index in [1.165, 1.54) is 13.0 Å². The fourth-order valence-electron chi connectivity index (χ4n) is 2.74. The van der Waals surface area contributed by atoms with Crippen molar-refractivity contribution in [2.75, 3.05) is 13.2 Å². The molecule has 2 N–H and O–H groups in total. The summed E-state index contributed by atoms with van der Waals surface area (Å²) in [5.74, 6) is -1.04. The van der Waals surface area contributed by atoms with Crippen molar-refractivity contribution in [1.82, 2.24) is 4.90 Å². The Morgan fingerprint density at radius 1 is 1.45 bits per heavy atom. The summed E-state index contributed by atoms with van der Waals surface area (Å²) in [7, 11) is 0. The third-order valence-electron chi connectivity index (χ3n) is 3.87. The molecule has 5 heteroatoms. The second kappa shape index (κ2) is 6.33. The van der Waals surface area contributed by atoms with Crippen molar-refractivity contribution in [1.29, 1.82) is 0 Å². The zero-order chi connectivity index (χ0) is 14.7. The highest BCUT2D eigenvalue weighted by Gasteiger charge is 2.23. The van der Waals surface area contributed by atoms with Crippen molar-refractivity contribution in [3.05, 3.63) is 29.1 Å². The van der Waals surface area contributed by atoms with Crippen LogP contribution in [0.4, 0.5) is 4.39 Å². The van der Waals surface area contributed by atoms with Gasteiger partial charge in [0.1, 0.15) is 11.6 Å². The molecule has 0 radical (unpaired) electrons. The lowest BCUT2D eigenvalue weighted by Crippen LogP contribution is -2.41. The molecule has 1 aromatic rings. The number of benzene rings is 1. The number of carbonyl (C=O) groups is 1. The molecule has 4 nitrogen and oxygen atoms in total. The average Bonchev–Trinajstić information content (AvgIpc) is 2.42. The van der Waals surface area contributed by atoms with Crippen LogP contribution in [0.5, 0.6) is 5.75 Å². The van der Waals surface area contributed by atoms with Crippen LogP contribution in [0.3, 0.4) is 0 Å². The minimum Gasteiger partial charge on any atom is -0.507 e. The summed E-state index contributed by atoms with van der Waals surface area (Å²) in [6, 6.07) is 2.35. The van der Waals surface area contributed by atoms with E-state index in [1.54, 1.807) is 0 Å². The average molecular weight is 281 g/mol. The highest BCUT2D eigenvalue weighted by atomic mass is 19.1. The van der Waals surface area contributed by atoms with Gasteiger partial charge >= 0.3 is 0 Å². The van der Waals surface area contributed by atoms with Crippen LogP contribution in [0.1, 0.15) is 42.1 Å². The Labute approximate surface area is 117 Å². The number of nitrogens with zero attached hydrogens (tertiary/aromatic N) is 1. The van der Waals surface area contributed by atoms with Crippen LogP contribution in [-0.2, 0) is 6.54 Å². The number of aliphatic hydroxyl groups is 1. The number of ketones is 1. The maximum atomic E-state index is 13.6. The first-order valence-corrected chi connectivity index (χ1v) is 6.90. The Bertz CT molecular complexity index is 504. The summed E-state index contributed by atoms with van der Waals surface area (Å²) < 4.78 is 13.6. The van der Waals surface area contributed by atoms with E-state index in [4.69, 9.17) is 0 Å². The van der Waals surface area contributed by atoms with Gasteiger partial charge in [-0.3, -0.25) is 9.69 Å². The van der Waals surface area contributed by atoms with Gasteiger partial charge in [-0.15, -0.1) is 0 Å². The standard InChI is InChI=1S/C15H20FNO3/c1-10(19)14-7-12(16)6-11(15(14)20)8-17-5-3-2-4-13(17)9-18/h6-7,13,18,20H,2-5,8-9H2,1H3. The third-order valence-corrected chi connectivity index (χ3v) is 3.87. The zero-order valence-electron chi connectivity index (χ0n) is 11.6. The van der Waals surface area contributed by atoms with Gasteiger partial charge in [0.2, 0.25) is 0 Å². The minimum atomic E-state index is -0.527. The van der Waals surface area contributed by atoms with Crippen molar-refractivity contribution < 1.29 is 19.4 Å². The van der Waals surface area contributed by atoms with Gasteiger partial charge in [0.05, 0.1) is 12.2 Å². The maximum Gasteiger partial charge on any atom is 0.163 e. The summed E-state index contributed by atoms with van der Waals surface area (Å²) in [6.45, 7) is 2.50. The lowest BCUT2D eigenvalue weighted by atomic mass is 10.00. The van der Waals surface area contributed by atoms with Crippen molar-refractivity contribution in [2.24, 2.45) is 0 Å². The van der Waals surface area contributed by atoms with E-state index in [1.807, 2.05) is 4.90 Å². The first-order chi connectivity index (χ1) is 9.52. The molecule has 0 saturated carbocycles. The first-order valence-electron chi connectivity index (χ1n) is 6.90. The summed E-state index contributed by atoms with van der Waals surface area (Å²) >= 11 is 0. The number of halogens is 1. The molecule has 20 heavy (non-hydrogen) atoms. The first kappa shape index (κ1) is 14.9. The van der Waals surface area contributed by atoms with E-state index < -0.39 is 5.82 Å². The molecule has 0 aliphatic carbocycles. The molecule has 1 aromatic carbocycles. The lowest BCUT2D eigenvalue weighted by Gasteiger charge is -2.34. The Hall–Kier alpha value is -1.46. The molecular formula is C15H20FNO3. The van der Waals surface area contributed by atoms with Gasteiger partial charge < -0.3 is 10.2 Å². The normalized spacial score (nSPS) is 20.1. The number of piperidine rings is 1. The topological polar surface area (TPSA) is 60.8 Å². The van der Waals surface area contributed by atoms with Crippen LogP contribution in [-0.4, -0.2) is 40.1 Å². The van der Waals surface area contributed by atoms with E-state index in [2.05, 4.69) is 0 Å². The van der Waals surface area contributed by atoms with Crippen molar-refractivity contribution >= 4 is 5.78 Å². The molecule has 1 unspecified atom stereocenters. The molecule has 1 heterocycles. The molecule has 110 valence electrons. The molecule has 0 spiro atoms. The molecule has 1 aliphatic heterocycles. The van der Waals surface area contributed by atoms with Gasteiger partial charge in [0, 0.05) is 18.2 Å². The number of hydrogen-bond acceptors (Lipinski definition) is 4. The predicted octanol–water partition coefficient (Wildman–Crippen LogP) is 2.08. The highest BCUT2D eigenvalue weighted by Crippen LogP contribution is 2.28. The van der Waals surface area contributed by atoms with E-state index >= 15 is 0 Å². The van der Waals surface area contributed by atoms with Crippen LogP contribution in [0.25, 0.3) is 0 Å². The molecule has 1 saturated heterocycles. The van der Waals surface area contributed by atoms with Crippen LogP contribution in [0.2, 0.25) is 0 Å². The largest absolute Gasteiger partial charge is 0.507 e. The molecular weight excluding hydrogens is 261 g/mol. The van der Waals surface area contributed by atoms with Gasteiger partial charge in [0.15, 0.2) is 5.78 Å². The monoisotopic (exact) mass is 281 g/mol. The number of phenols is 1. The van der Waals surface area contributed by atoms with Gasteiger partial charge in [-0.05, 0) is 38.4 Å². The Morgan fingerprint density at radius 2 is 2.20 bits per heavy atom. The summed E-state index contributed by atoms with van der Waals surface area (Å²) in [5.41, 5.74) is 0.410. The van der Waals surface area contributed by atoms with Gasteiger partial charge in [-0.2, -0.15) is 0 Å². The quantitative estimate of drug-likeness (QED) is 0.830. The summed E-state index contributed by atoms with van der Waals surface area (Å²) in [4.78, 5) is 13.4. The molecule has 0 amide bonds. The van der Waals surface area contributed by atoms with E-state index in [-0.39, 0.29) is 29.7 Å². The van der Waals surface area contributed by atoms with E-state index in [0.717, 1.165) is 31.9 Å². The van der Waals surface area contributed by atoms with E-state index in [0.29, 0.717) is 12.1 Å². The fraction of sp³-hybridized carbons (Fsp3) is 0.533. The van der Waals surface area contributed by atoms with Crippen LogP contribution in [0, 0.1) is 5.82 Å². The third kappa shape index (κ3) is 3.16. The van der Waals surface area contributed by atoms with E-state index in [9.17, 15) is 19.4 Å². The number of likely N-dealkylation sites (tertiary alicyclic amines) is 1. The van der Waals surface area contributed by atoms with Crippen LogP contribution < -0.4 is 0 Å². The smallest absolute Gasteiger partial charge is 0.163 e. The molecule has 1 fully saturated rings. The summed E-state index contributed by atoms with van der Waals surface area (Å²) in [6.07, 6.45) is 2.98. The lowest BCUT2D eigenvalue weighted by molar-refractivity contribution is 0.0832. The number of carbonyl (C=O) groups excluding carboxylic acids is 1. The maximum absolute atomic E-state index is 13.6. The molecule has 1 aliphatic rings.